The minimum absolute atomic E-state index is 0.159. The smallest absolute Gasteiger partial charge is 0.326 e. The summed E-state index contributed by atoms with van der Waals surface area (Å²) in [6, 6.07) is 9.12. The van der Waals surface area contributed by atoms with Gasteiger partial charge >= 0.3 is 5.97 Å². The first-order chi connectivity index (χ1) is 11.4. The van der Waals surface area contributed by atoms with Crippen LogP contribution in [0.15, 0.2) is 30.3 Å². The Labute approximate surface area is 140 Å². The molecule has 7 nitrogen and oxygen atoms in total. The van der Waals surface area contributed by atoms with Crippen molar-refractivity contribution in [3.8, 4) is 6.07 Å². The van der Waals surface area contributed by atoms with Crippen LogP contribution in [0.4, 0.5) is 0 Å². The molecule has 2 atom stereocenters. The van der Waals surface area contributed by atoms with Crippen molar-refractivity contribution in [1.82, 2.24) is 10.6 Å². The summed E-state index contributed by atoms with van der Waals surface area (Å²) in [5, 5.41) is 22.7. The van der Waals surface area contributed by atoms with Crippen molar-refractivity contribution in [1.29, 1.82) is 5.26 Å². The molecule has 1 aromatic rings. The largest absolute Gasteiger partial charge is 0.480 e. The first-order valence-electron chi connectivity index (χ1n) is 7.65. The Balaban J connectivity index is 2.76. The van der Waals surface area contributed by atoms with Gasteiger partial charge in [-0.05, 0) is 18.4 Å². The third kappa shape index (κ3) is 6.92. The number of nitrogens with one attached hydrogen (secondary N) is 2. The van der Waals surface area contributed by atoms with Crippen LogP contribution in [0.5, 0.6) is 0 Å². The monoisotopic (exact) mass is 331 g/mol. The summed E-state index contributed by atoms with van der Waals surface area (Å²) in [7, 11) is 0. The summed E-state index contributed by atoms with van der Waals surface area (Å²) >= 11 is 0. The number of carbonyl (C=O) groups is 3. The predicted octanol–water partition coefficient (Wildman–Crippen LogP) is 0.997. The van der Waals surface area contributed by atoms with Crippen molar-refractivity contribution in [2.24, 2.45) is 0 Å². The molecule has 0 radical (unpaired) electrons. The summed E-state index contributed by atoms with van der Waals surface area (Å²) < 4.78 is 0. The summed E-state index contributed by atoms with van der Waals surface area (Å²) in [6.45, 7) is 1.30. The highest BCUT2D eigenvalue weighted by Gasteiger charge is 2.25. The van der Waals surface area contributed by atoms with Crippen LogP contribution >= 0.6 is 0 Å². The number of nitriles is 1. The van der Waals surface area contributed by atoms with Crippen LogP contribution < -0.4 is 10.6 Å². The second-order valence-corrected chi connectivity index (χ2v) is 5.39. The van der Waals surface area contributed by atoms with Crippen LogP contribution in [0.25, 0.3) is 0 Å². The third-order valence-electron chi connectivity index (χ3n) is 3.37. The molecule has 0 fully saturated rings. The van der Waals surface area contributed by atoms with E-state index >= 15 is 0 Å². The van der Waals surface area contributed by atoms with E-state index in [1.165, 1.54) is 6.92 Å². The fraction of sp³-hybridized carbons (Fsp3) is 0.412. The zero-order valence-corrected chi connectivity index (χ0v) is 13.5. The van der Waals surface area contributed by atoms with Crippen LogP contribution in [0, 0.1) is 11.3 Å². The number of carboxylic acid groups (broad SMARTS) is 1. The molecule has 24 heavy (non-hydrogen) atoms. The van der Waals surface area contributed by atoms with Gasteiger partial charge in [0, 0.05) is 19.8 Å². The molecule has 0 spiro atoms. The van der Waals surface area contributed by atoms with Gasteiger partial charge in [-0.2, -0.15) is 5.26 Å². The van der Waals surface area contributed by atoms with E-state index in [2.05, 4.69) is 10.6 Å². The average Bonchev–Trinajstić information content (AvgIpc) is 2.53. The number of hydrogen-bond acceptors (Lipinski definition) is 4. The Morgan fingerprint density at radius 3 is 2.38 bits per heavy atom. The van der Waals surface area contributed by atoms with Gasteiger partial charge in [0.15, 0.2) is 0 Å². The van der Waals surface area contributed by atoms with Gasteiger partial charge in [0.2, 0.25) is 11.8 Å². The lowest BCUT2D eigenvalue weighted by Crippen LogP contribution is -2.52. The van der Waals surface area contributed by atoms with Crippen LogP contribution in [-0.4, -0.2) is 35.0 Å². The number of hydrogen-bond donors (Lipinski definition) is 3. The van der Waals surface area contributed by atoms with Crippen LogP contribution in [0.2, 0.25) is 0 Å². The third-order valence-corrected chi connectivity index (χ3v) is 3.37. The van der Waals surface area contributed by atoms with Crippen molar-refractivity contribution in [2.75, 3.05) is 0 Å². The average molecular weight is 331 g/mol. The summed E-state index contributed by atoms with van der Waals surface area (Å²) in [4.78, 5) is 35.0. The van der Waals surface area contributed by atoms with Crippen molar-refractivity contribution < 1.29 is 19.5 Å². The molecular formula is C17H21N3O4. The molecular weight excluding hydrogens is 310 g/mol. The summed E-state index contributed by atoms with van der Waals surface area (Å²) in [6.07, 6.45) is 1.01. The van der Waals surface area contributed by atoms with Gasteiger partial charge in [-0.1, -0.05) is 30.3 Å². The van der Waals surface area contributed by atoms with Gasteiger partial charge in [0.1, 0.15) is 12.1 Å². The molecule has 0 aromatic heterocycles. The van der Waals surface area contributed by atoms with Crippen LogP contribution in [0.3, 0.4) is 0 Å². The molecule has 7 heteroatoms. The van der Waals surface area contributed by atoms with Crippen molar-refractivity contribution in [3.05, 3.63) is 35.9 Å². The number of unbranched alkanes of at least 4 members (excludes halogenated alkanes) is 1. The minimum Gasteiger partial charge on any atom is -0.480 e. The predicted molar refractivity (Wildman–Crippen MR) is 86.8 cm³/mol. The van der Waals surface area contributed by atoms with Gasteiger partial charge in [0.25, 0.3) is 0 Å². The molecule has 1 rings (SSSR count). The summed E-state index contributed by atoms with van der Waals surface area (Å²) in [5.74, 6) is -2.09. The highest BCUT2D eigenvalue weighted by Crippen LogP contribution is 2.06. The molecule has 2 amide bonds. The lowest BCUT2D eigenvalue weighted by Gasteiger charge is -2.21. The first-order valence-corrected chi connectivity index (χ1v) is 7.65. The lowest BCUT2D eigenvalue weighted by atomic mass is 10.0. The van der Waals surface area contributed by atoms with Crippen molar-refractivity contribution in [3.63, 3.8) is 0 Å². The Morgan fingerprint density at radius 1 is 1.17 bits per heavy atom. The number of rotatable bonds is 9. The number of amides is 2. The SMILES string of the molecule is CC(=O)N[C@@H](Cc1ccccc1)C(=O)N[C@H](CCCC#N)C(=O)O. The van der Waals surface area contributed by atoms with Crippen molar-refractivity contribution in [2.45, 2.75) is 44.7 Å². The van der Waals surface area contributed by atoms with E-state index in [9.17, 15) is 19.5 Å². The van der Waals surface area contributed by atoms with E-state index in [1.807, 2.05) is 36.4 Å². The Kier molecular flexibility index (Phi) is 7.99. The van der Waals surface area contributed by atoms with E-state index in [0.29, 0.717) is 6.42 Å². The molecule has 0 saturated heterocycles. The van der Waals surface area contributed by atoms with E-state index < -0.39 is 24.0 Å². The number of carbonyl (C=O) groups excluding carboxylic acids is 2. The topological polar surface area (TPSA) is 119 Å². The Morgan fingerprint density at radius 2 is 1.83 bits per heavy atom. The van der Waals surface area contributed by atoms with Gasteiger partial charge in [-0.15, -0.1) is 0 Å². The van der Waals surface area contributed by atoms with E-state index in [1.54, 1.807) is 0 Å². The maximum atomic E-state index is 12.4. The van der Waals surface area contributed by atoms with Gasteiger partial charge < -0.3 is 15.7 Å². The molecule has 0 bridgehead atoms. The number of carboxylic acids is 1. The van der Waals surface area contributed by atoms with Crippen LogP contribution in [-0.2, 0) is 20.8 Å². The number of nitrogens with zero attached hydrogens (tertiary/aromatic N) is 1. The van der Waals surface area contributed by atoms with Crippen LogP contribution in [0.1, 0.15) is 31.7 Å². The standard InChI is InChI=1S/C17H21N3O4/c1-12(21)19-15(11-13-7-3-2-4-8-13)16(22)20-14(17(23)24)9-5-6-10-18/h2-4,7-8,14-15H,5-6,9,11H2,1H3,(H,19,21)(H,20,22)(H,23,24)/t14-,15+/m1/s1. The van der Waals surface area contributed by atoms with E-state index in [4.69, 9.17) is 5.26 Å². The van der Waals surface area contributed by atoms with Gasteiger partial charge in [0.05, 0.1) is 6.07 Å². The molecule has 0 aliphatic rings. The molecule has 0 unspecified atom stereocenters. The molecule has 1 aromatic carbocycles. The zero-order valence-electron chi connectivity index (χ0n) is 13.5. The number of aliphatic carboxylic acids is 1. The van der Waals surface area contributed by atoms with Gasteiger partial charge in [-0.3, -0.25) is 9.59 Å². The highest BCUT2D eigenvalue weighted by molar-refractivity contribution is 5.90. The zero-order chi connectivity index (χ0) is 17.9. The lowest BCUT2D eigenvalue weighted by molar-refractivity contribution is -0.142. The quantitative estimate of drug-likeness (QED) is 0.583. The molecule has 0 saturated carbocycles. The second kappa shape index (κ2) is 10.0. The summed E-state index contributed by atoms with van der Waals surface area (Å²) in [5.41, 5.74) is 0.850. The maximum absolute atomic E-state index is 12.4. The fourth-order valence-electron chi connectivity index (χ4n) is 2.22. The molecule has 0 heterocycles. The Bertz CT molecular complexity index is 610. The fourth-order valence-corrected chi connectivity index (χ4v) is 2.22. The molecule has 128 valence electrons. The molecule has 0 aliphatic heterocycles. The Hall–Kier alpha value is -2.88. The van der Waals surface area contributed by atoms with Gasteiger partial charge in [-0.25, -0.2) is 4.79 Å². The van der Waals surface area contributed by atoms with E-state index in [-0.39, 0.29) is 25.2 Å². The maximum Gasteiger partial charge on any atom is 0.326 e. The minimum atomic E-state index is -1.16. The second-order valence-electron chi connectivity index (χ2n) is 5.39. The normalized spacial score (nSPS) is 12.5. The van der Waals surface area contributed by atoms with Crippen molar-refractivity contribution >= 4 is 17.8 Å². The molecule has 0 aliphatic carbocycles. The first kappa shape index (κ1) is 19.2. The molecule has 3 N–H and O–H groups in total. The number of benzene rings is 1. The highest BCUT2D eigenvalue weighted by atomic mass is 16.4. The van der Waals surface area contributed by atoms with E-state index in [0.717, 1.165) is 5.56 Å².